The van der Waals surface area contributed by atoms with Gasteiger partial charge < -0.3 is 19.2 Å². The molecule has 1 amide bonds. The quantitative estimate of drug-likeness (QED) is 0.937. The molecular weight excluding hydrogens is 306 g/mol. The third-order valence-electron chi connectivity index (χ3n) is 5.40. The smallest absolute Gasteiger partial charge is 0.255 e. The van der Waals surface area contributed by atoms with Gasteiger partial charge in [0.1, 0.15) is 17.1 Å². The van der Waals surface area contributed by atoms with E-state index in [1.54, 1.807) is 7.11 Å². The van der Waals surface area contributed by atoms with Gasteiger partial charge in [-0.1, -0.05) is 0 Å². The normalized spacial score (nSPS) is 26.3. The number of aryl methyl sites for hydroxylation is 1. The van der Waals surface area contributed by atoms with Crippen LogP contribution in [0.2, 0.25) is 0 Å². The second kappa shape index (κ2) is 6.13. The van der Waals surface area contributed by atoms with Crippen LogP contribution in [0.1, 0.15) is 41.8 Å². The number of hydrogen-bond acceptors (Lipinski definition) is 4. The summed E-state index contributed by atoms with van der Waals surface area (Å²) in [4.78, 5) is 12.9. The van der Waals surface area contributed by atoms with E-state index in [4.69, 9.17) is 13.9 Å². The van der Waals surface area contributed by atoms with E-state index in [0.717, 1.165) is 43.4 Å². The molecule has 24 heavy (non-hydrogen) atoms. The molecule has 5 heteroatoms. The summed E-state index contributed by atoms with van der Waals surface area (Å²) in [6.45, 7) is 2.65. The molecule has 0 radical (unpaired) electrons. The van der Waals surface area contributed by atoms with Crippen LogP contribution >= 0.6 is 0 Å². The number of benzene rings is 1. The zero-order valence-corrected chi connectivity index (χ0v) is 14.1. The Morgan fingerprint density at radius 2 is 2.17 bits per heavy atom. The zero-order chi connectivity index (χ0) is 16.7. The summed E-state index contributed by atoms with van der Waals surface area (Å²) >= 11 is 0. The van der Waals surface area contributed by atoms with Crippen molar-refractivity contribution in [2.75, 3.05) is 13.7 Å². The molecule has 128 valence electrons. The van der Waals surface area contributed by atoms with E-state index < -0.39 is 0 Å². The Balaban J connectivity index is 1.62. The van der Waals surface area contributed by atoms with Crippen LogP contribution in [0.15, 0.2) is 22.6 Å². The predicted octanol–water partition coefficient (Wildman–Crippen LogP) is 3.44. The van der Waals surface area contributed by atoms with E-state index in [9.17, 15) is 4.79 Å². The number of carbonyl (C=O) groups is 1. The summed E-state index contributed by atoms with van der Waals surface area (Å²) in [6, 6.07) is 5.74. The third kappa shape index (κ3) is 2.57. The molecule has 0 unspecified atom stereocenters. The van der Waals surface area contributed by atoms with Gasteiger partial charge in [0, 0.05) is 24.0 Å². The Morgan fingerprint density at radius 1 is 1.29 bits per heavy atom. The molecule has 2 fully saturated rings. The lowest BCUT2D eigenvalue weighted by Crippen LogP contribution is -2.45. The van der Waals surface area contributed by atoms with E-state index in [2.05, 4.69) is 5.32 Å². The van der Waals surface area contributed by atoms with Crippen molar-refractivity contribution in [3.63, 3.8) is 0 Å². The summed E-state index contributed by atoms with van der Waals surface area (Å²) in [5.41, 5.74) is 1.33. The highest BCUT2D eigenvalue weighted by Gasteiger charge is 2.38. The van der Waals surface area contributed by atoms with Gasteiger partial charge in [0.2, 0.25) is 0 Å². The van der Waals surface area contributed by atoms with Crippen LogP contribution in [-0.4, -0.2) is 31.8 Å². The highest BCUT2D eigenvalue weighted by atomic mass is 16.5. The van der Waals surface area contributed by atoms with Gasteiger partial charge in [0.15, 0.2) is 0 Å². The van der Waals surface area contributed by atoms with Gasteiger partial charge in [-0.15, -0.1) is 0 Å². The standard InChI is InChI=1S/C19H23NO4/c1-11-18(14-10-12(22-2)6-7-17(14)24-11)19(21)20-15-4-3-5-16-13(15)8-9-23-16/h6-7,10,13,15-16H,3-5,8-9H2,1-2H3,(H,20,21)/t13-,15+,16+/m0/s1. The molecule has 0 bridgehead atoms. The Hall–Kier alpha value is -2.01. The van der Waals surface area contributed by atoms with Gasteiger partial charge in [0.05, 0.1) is 18.8 Å². The van der Waals surface area contributed by atoms with Crippen molar-refractivity contribution >= 4 is 16.9 Å². The number of ether oxygens (including phenoxy) is 2. The monoisotopic (exact) mass is 329 g/mol. The summed E-state index contributed by atoms with van der Waals surface area (Å²) in [6.07, 6.45) is 4.59. The summed E-state index contributed by atoms with van der Waals surface area (Å²) in [5, 5.41) is 4.05. The lowest BCUT2D eigenvalue weighted by atomic mass is 9.81. The van der Waals surface area contributed by atoms with Crippen molar-refractivity contribution in [3.05, 3.63) is 29.5 Å². The number of carbonyl (C=O) groups excluding carboxylic acids is 1. The Kier molecular flexibility index (Phi) is 3.96. The van der Waals surface area contributed by atoms with E-state index in [1.807, 2.05) is 25.1 Å². The van der Waals surface area contributed by atoms with Crippen molar-refractivity contribution in [2.24, 2.45) is 5.92 Å². The number of hydrogen-bond donors (Lipinski definition) is 1. The van der Waals surface area contributed by atoms with Crippen LogP contribution in [0.25, 0.3) is 11.0 Å². The van der Waals surface area contributed by atoms with Crippen LogP contribution in [-0.2, 0) is 4.74 Å². The molecule has 1 N–H and O–H groups in total. The SMILES string of the molecule is COc1ccc2oc(C)c(C(=O)N[C@@H]3CCC[C@H]4OCC[C@@H]34)c2c1. The lowest BCUT2D eigenvalue weighted by Gasteiger charge is -2.33. The van der Waals surface area contributed by atoms with E-state index in [0.29, 0.717) is 28.9 Å². The summed E-state index contributed by atoms with van der Waals surface area (Å²) < 4.78 is 16.8. The minimum absolute atomic E-state index is 0.0583. The number of nitrogens with one attached hydrogen (secondary N) is 1. The minimum Gasteiger partial charge on any atom is -0.497 e. The van der Waals surface area contributed by atoms with Gasteiger partial charge in [-0.05, 0) is 50.8 Å². The molecule has 1 aromatic heterocycles. The molecule has 1 aliphatic carbocycles. The third-order valence-corrected chi connectivity index (χ3v) is 5.40. The molecule has 4 rings (SSSR count). The van der Waals surface area contributed by atoms with E-state index in [-0.39, 0.29) is 11.9 Å². The molecule has 1 aromatic carbocycles. The first-order valence-electron chi connectivity index (χ1n) is 8.67. The van der Waals surface area contributed by atoms with Gasteiger partial charge >= 0.3 is 0 Å². The van der Waals surface area contributed by atoms with Crippen LogP contribution in [0.4, 0.5) is 0 Å². The van der Waals surface area contributed by atoms with Crippen molar-refractivity contribution in [3.8, 4) is 5.75 Å². The fourth-order valence-electron chi connectivity index (χ4n) is 4.20. The molecule has 2 aliphatic rings. The van der Waals surface area contributed by atoms with Crippen LogP contribution in [0.3, 0.4) is 0 Å². The maximum Gasteiger partial charge on any atom is 0.255 e. The molecule has 0 spiro atoms. The lowest BCUT2D eigenvalue weighted by molar-refractivity contribution is 0.0510. The average Bonchev–Trinajstić information content (AvgIpc) is 3.17. The van der Waals surface area contributed by atoms with Crippen molar-refractivity contribution in [1.82, 2.24) is 5.32 Å². The molecule has 2 aromatic rings. The summed E-state index contributed by atoms with van der Waals surface area (Å²) in [7, 11) is 1.62. The number of methoxy groups -OCH3 is 1. The second-order valence-corrected chi connectivity index (χ2v) is 6.77. The largest absolute Gasteiger partial charge is 0.497 e. The Labute approximate surface area is 141 Å². The molecule has 2 heterocycles. The number of amides is 1. The molecule has 1 saturated heterocycles. The fraction of sp³-hybridized carbons (Fsp3) is 0.526. The van der Waals surface area contributed by atoms with Crippen LogP contribution in [0, 0.1) is 12.8 Å². The van der Waals surface area contributed by atoms with Crippen molar-refractivity contribution in [1.29, 1.82) is 0 Å². The van der Waals surface area contributed by atoms with Crippen LogP contribution < -0.4 is 10.1 Å². The molecule has 1 saturated carbocycles. The van der Waals surface area contributed by atoms with Crippen molar-refractivity contribution < 1.29 is 18.7 Å². The van der Waals surface area contributed by atoms with Crippen molar-refractivity contribution in [2.45, 2.75) is 44.8 Å². The van der Waals surface area contributed by atoms with Gasteiger partial charge in [0.25, 0.3) is 5.91 Å². The van der Waals surface area contributed by atoms with Gasteiger partial charge in [-0.3, -0.25) is 4.79 Å². The fourth-order valence-corrected chi connectivity index (χ4v) is 4.20. The number of fused-ring (bicyclic) bond motifs is 2. The maximum atomic E-state index is 12.9. The molecule has 1 aliphatic heterocycles. The first-order chi connectivity index (χ1) is 11.7. The number of furan rings is 1. The second-order valence-electron chi connectivity index (χ2n) is 6.77. The predicted molar refractivity (Wildman–Crippen MR) is 90.5 cm³/mol. The van der Waals surface area contributed by atoms with Crippen LogP contribution in [0.5, 0.6) is 5.75 Å². The first kappa shape index (κ1) is 15.5. The van der Waals surface area contributed by atoms with Gasteiger partial charge in [-0.25, -0.2) is 0 Å². The minimum atomic E-state index is -0.0583. The maximum absolute atomic E-state index is 12.9. The highest BCUT2D eigenvalue weighted by molar-refractivity contribution is 6.07. The number of rotatable bonds is 3. The molecular formula is C19H23NO4. The topological polar surface area (TPSA) is 60.7 Å². The Morgan fingerprint density at radius 3 is 3.00 bits per heavy atom. The average molecular weight is 329 g/mol. The van der Waals surface area contributed by atoms with E-state index >= 15 is 0 Å². The van der Waals surface area contributed by atoms with Gasteiger partial charge in [-0.2, -0.15) is 0 Å². The summed E-state index contributed by atoms with van der Waals surface area (Å²) in [5.74, 6) is 1.75. The van der Waals surface area contributed by atoms with E-state index in [1.165, 1.54) is 0 Å². The highest BCUT2D eigenvalue weighted by Crippen LogP contribution is 2.35. The first-order valence-corrected chi connectivity index (χ1v) is 8.67. The zero-order valence-electron chi connectivity index (χ0n) is 14.1. The molecule has 5 nitrogen and oxygen atoms in total. The molecule has 3 atom stereocenters. The Bertz CT molecular complexity index is 766.